The van der Waals surface area contributed by atoms with Crippen molar-refractivity contribution in [1.29, 1.82) is 0 Å². The van der Waals surface area contributed by atoms with E-state index in [0.29, 0.717) is 19.0 Å². The fraction of sp³-hybridized carbons (Fsp3) is 0.429. The molecule has 3 aromatic carbocycles. The number of rotatable bonds is 17. The van der Waals surface area contributed by atoms with Crippen LogP contribution in [0.25, 0.3) is 11.1 Å². The van der Waals surface area contributed by atoms with Crippen molar-refractivity contribution in [2.45, 2.75) is 52.9 Å². The van der Waals surface area contributed by atoms with E-state index in [9.17, 15) is 0 Å². The Hall–Kier alpha value is -3.12. The molecule has 3 rings (SSSR count). The Bertz CT molecular complexity index is 1080. The lowest BCUT2D eigenvalue weighted by atomic mass is 9.88. The SMILES string of the molecule is CC.CC/C(=C(/c1ccc(OCCNC)cc1)c1ccc(OOCCCCCCN(C)C)cc1)c1ccccc1. The predicted molar refractivity (Wildman–Crippen MR) is 170 cm³/mol. The van der Waals surface area contributed by atoms with Gasteiger partial charge in [0, 0.05) is 6.54 Å². The molecule has 0 aliphatic heterocycles. The number of hydrogen-bond acceptors (Lipinski definition) is 5. The summed E-state index contributed by atoms with van der Waals surface area (Å²) in [6, 6.07) is 27.2. The van der Waals surface area contributed by atoms with Gasteiger partial charge < -0.3 is 19.8 Å². The van der Waals surface area contributed by atoms with Crippen LogP contribution in [-0.2, 0) is 4.89 Å². The standard InChI is InChI=1S/C33H44N2O3.C2H6/c1-5-32(27-13-9-8-10-14-27)33(28-15-19-30(20-16-28)36-26-23-34-2)29-17-21-31(22-18-29)38-37-25-12-7-6-11-24-35(3)4;1-2/h8-10,13-22,34H,5-7,11-12,23-26H2,1-4H3;1-2H3/b33-32+;. The molecule has 3 aromatic rings. The quantitative estimate of drug-likeness (QED) is 0.0802. The minimum atomic E-state index is 0.603. The molecule has 218 valence electrons. The van der Waals surface area contributed by atoms with Crippen molar-refractivity contribution in [3.05, 3.63) is 95.6 Å². The number of unbranched alkanes of at least 4 members (excludes halogenated alkanes) is 3. The Balaban J connectivity index is 0.00000274. The van der Waals surface area contributed by atoms with E-state index in [2.05, 4.69) is 98.0 Å². The number of nitrogens with one attached hydrogen (secondary N) is 1. The summed E-state index contributed by atoms with van der Waals surface area (Å²) in [5.74, 6) is 1.59. The van der Waals surface area contributed by atoms with Crippen molar-refractivity contribution >= 4 is 11.1 Å². The van der Waals surface area contributed by atoms with E-state index in [1.165, 1.54) is 29.6 Å². The van der Waals surface area contributed by atoms with Crippen LogP contribution >= 0.6 is 0 Å². The van der Waals surface area contributed by atoms with Gasteiger partial charge in [-0.05, 0) is 99.1 Å². The zero-order valence-electron chi connectivity index (χ0n) is 25.5. The van der Waals surface area contributed by atoms with Crippen LogP contribution in [0.4, 0.5) is 0 Å². The van der Waals surface area contributed by atoms with Crippen molar-refractivity contribution in [2.24, 2.45) is 0 Å². The molecular weight excluding hydrogens is 496 g/mol. The smallest absolute Gasteiger partial charge is 0.165 e. The van der Waals surface area contributed by atoms with Gasteiger partial charge in [-0.1, -0.05) is 88.2 Å². The molecule has 0 saturated carbocycles. The minimum absolute atomic E-state index is 0.603. The van der Waals surface area contributed by atoms with Gasteiger partial charge >= 0.3 is 0 Å². The van der Waals surface area contributed by atoms with Gasteiger partial charge in [-0.25, -0.2) is 0 Å². The molecule has 5 nitrogen and oxygen atoms in total. The van der Waals surface area contributed by atoms with Crippen molar-refractivity contribution in [3.8, 4) is 11.5 Å². The zero-order chi connectivity index (χ0) is 29.0. The van der Waals surface area contributed by atoms with Gasteiger partial charge in [-0.15, -0.1) is 0 Å². The van der Waals surface area contributed by atoms with Crippen LogP contribution in [0.3, 0.4) is 0 Å². The molecule has 0 amide bonds. The molecule has 0 bridgehead atoms. The Morgan fingerprint density at radius 3 is 1.88 bits per heavy atom. The third kappa shape index (κ3) is 11.5. The molecule has 0 aliphatic rings. The largest absolute Gasteiger partial charge is 0.492 e. The lowest BCUT2D eigenvalue weighted by Crippen LogP contribution is -2.15. The molecule has 1 N–H and O–H groups in total. The maximum Gasteiger partial charge on any atom is 0.165 e. The first kappa shape index (κ1) is 33.1. The van der Waals surface area contributed by atoms with Gasteiger partial charge in [-0.2, -0.15) is 4.89 Å². The summed E-state index contributed by atoms with van der Waals surface area (Å²) >= 11 is 0. The number of allylic oxidation sites excluding steroid dienone is 1. The molecule has 0 saturated heterocycles. The molecule has 40 heavy (non-hydrogen) atoms. The molecule has 0 atom stereocenters. The summed E-state index contributed by atoms with van der Waals surface area (Å²) in [7, 11) is 6.16. The van der Waals surface area contributed by atoms with Crippen LogP contribution in [-0.4, -0.2) is 52.3 Å². The molecule has 0 spiro atoms. The second-order valence-corrected chi connectivity index (χ2v) is 9.70. The third-order valence-corrected chi connectivity index (χ3v) is 6.42. The molecule has 0 unspecified atom stereocenters. The first-order valence-corrected chi connectivity index (χ1v) is 14.8. The molecule has 0 heterocycles. The fourth-order valence-electron chi connectivity index (χ4n) is 4.40. The molecular formula is C35H50N2O3. The normalized spacial score (nSPS) is 11.5. The van der Waals surface area contributed by atoms with E-state index in [0.717, 1.165) is 49.2 Å². The average molecular weight is 547 g/mol. The maximum atomic E-state index is 5.85. The molecule has 0 radical (unpaired) electrons. The van der Waals surface area contributed by atoms with Gasteiger partial charge in [0.2, 0.25) is 0 Å². The van der Waals surface area contributed by atoms with Crippen LogP contribution in [0.15, 0.2) is 78.9 Å². The molecule has 0 aliphatic carbocycles. The van der Waals surface area contributed by atoms with Gasteiger partial charge in [0.15, 0.2) is 5.75 Å². The van der Waals surface area contributed by atoms with Crippen LogP contribution in [0.2, 0.25) is 0 Å². The molecule has 0 fully saturated rings. The molecule has 5 heteroatoms. The summed E-state index contributed by atoms with van der Waals surface area (Å²) in [4.78, 5) is 13.3. The van der Waals surface area contributed by atoms with Crippen molar-refractivity contribution in [3.63, 3.8) is 0 Å². The van der Waals surface area contributed by atoms with Crippen molar-refractivity contribution < 1.29 is 14.5 Å². The van der Waals surface area contributed by atoms with Crippen LogP contribution in [0.1, 0.15) is 69.6 Å². The summed E-state index contributed by atoms with van der Waals surface area (Å²) in [6.07, 6.45) is 5.51. The second-order valence-electron chi connectivity index (χ2n) is 9.70. The highest BCUT2D eigenvalue weighted by Crippen LogP contribution is 2.35. The lowest BCUT2D eigenvalue weighted by molar-refractivity contribution is -0.207. The number of hydrogen-bond donors (Lipinski definition) is 1. The van der Waals surface area contributed by atoms with E-state index < -0.39 is 0 Å². The number of benzene rings is 3. The molecule has 0 aromatic heterocycles. The van der Waals surface area contributed by atoms with E-state index in [1.807, 2.05) is 33.0 Å². The average Bonchev–Trinajstić information content (AvgIpc) is 2.99. The zero-order valence-corrected chi connectivity index (χ0v) is 25.5. The van der Waals surface area contributed by atoms with E-state index >= 15 is 0 Å². The van der Waals surface area contributed by atoms with E-state index in [4.69, 9.17) is 14.5 Å². The summed E-state index contributed by atoms with van der Waals surface area (Å²) in [5.41, 5.74) is 6.04. The highest BCUT2D eigenvalue weighted by molar-refractivity contribution is 5.98. The Kier molecular flexibility index (Phi) is 16.4. The van der Waals surface area contributed by atoms with Gasteiger partial charge in [0.25, 0.3) is 0 Å². The minimum Gasteiger partial charge on any atom is -0.492 e. The van der Waals surface area contributed by atoms with Crippen LogP contribution in [0, 0.1) is 0 Å². The Labute approximate surface area is 243 Å². The number of likely N-dealkylation sites (N-methyl/N-ethyl adjacent to an activating group) is 1. The topological polar surface area (TPSA) is 43.0 Å². The number of ether oxygens (including phenoxy) is 1. The van der Waals surface area contributed by atoms with Gasteiger partial charge in [0.1, 0.15) is 12.4 Å². The predicted octanol–water partition coefficient (Wildman–Crippen LogP) is 8.11. The summed E-state index contributed by atoms with van der Waals surface area (Å²) in [5, 5.41) is 3.11. The maximum absolute atomic E-state index is 5.85. The monoisotopic (exact) mass is 546 g/mol. The summed E-state index contributed by atoms with van der Waals surface area (Å²) < 4.78 is 5.85. The van der Waals surface area contributed by atoms with Crippen LogP contribution < -0.4 is 14.9 Å². The number of nitrogens with zero attached hydrogens (tertiary/aromatic N) is 1. The first-order valence-electron chi connectivity index (χ1n) is 14.8. The Morgan fingerprint density at radius 1 is 0.700 bits per heavy atom. The van der Waals surface area contributed by atoms with Crippen LogP contribution in [0.5, 0.6) is 11.5 Å². The first-order chi connectivity index (χ1) is 19.6. The highest BCUT2D eigenvalue weighted by atomic mass is 17.2. The highest BCUT2D eigenvalue weighted by Gasteiger charge is 2.14. The van der Waals surface area contributed by atoms with E-state index in [-0.39, 0.29) is 0 Å². The second kappa shape index (κ2) is 19.9. The lowest BCUT2D eigenvalue weighted by Gasteiger charge is -2.17. The van der Waals surface area contributed by atoms with E-state index in [1.54, 1.807) is 0 Å². The summed E-state index contributed by atoms with van der Waals surface area (Å²) in [6.45, 7) is 9.41. The van der Waals surface area contributed by atoms with Crippen molar-refractivity contribution in [1.82, 2.24) is 10.2 Å². The Morgan fingerprint density at radius 2 is 1.30 bits per heavy atom. The fourth-order valence-corrected chi connectivity index (χ4v) is 4.40. The van der Waals surface area contributed by atoms with Gasteiger partial charge in [-0.3, -0.25) is 0 Å². The van der Waals surface area contributed by atoms with Crippen molar-refractivity contribution in [2.75, 3.05) is 47.4 Å². The third-order valence-electron chi connectivity index (χ3n) is 6.42. The van der Waals surface area contributed by atoms with Gasteiger partial charge in [0.05, 0.1) is 6.61 Å².